The third-order valence-electron chi connectivity index (χ3n) is 2.33. The molecular formula is C10H12N4O2. The molecule has 0 aromatic heterocycles. The van der Waals surface area contributed by atoms with Gasteiger partial charge < -0.3 is 11.1 Å². The van der Waals surface area contributed by atoms with Gasteiger partial charge in [0.1, 0.15) is 6.17 Å². The predicted octanol–water partition coefficient (Wildman–Crippen LogP) is 0.858. The molecule has 1 atom stereocenters. The fourth-order valence-electron chi connectivity index (χ4n) is 1.67. The van der Waals surface area contributed by atoms with Crippen LogP contribution in [0.3, 0.4) is 0 Å². The van der Waals surface area contributed by atoms with E-state index in [2.05, 4.69) is 5.32 Å². The molecule has 1 saturated heterocycles. The van der Waals surface area contributed by atoms with Gasteiger partial charge in [-0.2, -0.15) is 5.01 Å². The molecule has 84 valence electrons. The molecule has 0 bridgehead atoms. The number of carbonyl (C=O) groups is 2. The molecule has 1 aliphatic heterocycles. The van der Waals surface area contributed by atoms with Crippen LogP contribution in [0.15, 0.2) is 30.3 Å². The number of amides is 4. The first kappa shape index (κ1) is 10.3. The minimum atomic E-state index is -0.672. The number of rotatable bonds is 1. The Hall–Kier alpha value is -2.24. The van der Waals surface area contributed by atoms with Crippen LogP contribution in [0.25, 0.3) is 0 Å². The van der Waals surface area contributed by atoms with Crippen molar-refractivity contribution < 1.29 is 9.59 Å². The van der Waals surface area contributed by atoms with Crippen LogP contribution in [-0.2, 0) is 0 Å². The Morgan fingerprint density at radius 1 is 1.38 bits per heavy atom. The third-order valence-corrected chi connectivity index (χ3v) is 2.33. The number of carbonyl (C=O) groups excluding carboxylic acids is 2. The number of benzene rings is 1. The lowest BCUT2D eigenvalue weighted by atomic mass is 10.3. The number of urea groups is 2. The molecule has 1 aromatic carbocycles. The molecular weight excluding hydrogens is 208 g/mol. The normalized spacial score (nSPS) is 19.8. The minimum absolute atomic E-state index is 0.363. The minimum Gasteiger partial charge on any atom is -0.350 e. The maximum absolute atomic E-state index is 11.7. The van der Waals surface area contributed by atoms with Crippen molar-refractivity contribution in [2.75, 3.05) is 5.01 Å². The van der Waals surface area contributed by atoms with E-state index in [9.17, 15) is 9.59 Å². The first-order valence-electron chi connectivity index (χ1n) is 4.85. The van der Waals surface area contributed by atoms with Crippen LogP contribution < -0.4 is 16.1 Å². The molecule has 0 aliphatic carbocycles. The van der Waals surface area contributed by atoms with Crippen LogP contribution in [0.4, 0.5) is 15.3 Å². The van der Waals surface area contributed by atoms with E-state index in [1.807, 2.05) is 6.07 Å². The summed E-state index contributed by atoms with van der Waals surface area (Å²) >= 11 is 0. The lowest BCUT2D eigenvalue weighted by Crippen LogP contribution is -2.48. The number of hydrazine groups is 1. The van der Waals surface area contributed by atoms with E-state index in [0.717, 1.165) is 0 Å². The quantitative estimate of drug-likeness (QED) is 0.736. The number of nitrogens with one attached hydrogen (secondary N) is 1. The van der Waals surface area contributed by atoms with Crippen LogP contribution in [0.5, 0.6) is 0 Å². The Balaban J connectivity index is 2.38. The van der Waals surface area contributed by atoms with Gasteiger partial charge in [-0.25, -0.2) is 14.6 Å². The number of para-hydroxylation sites is 1. The summed E-state index contributed by atoms with van der Waals surface area (Å²) in [5.41, 5.74) is 5.83. The number of nitrogens with zero attached hydrogens (tertiary/aromatic N) is 2. The van der Waals surface area contributed by atoms with Crippen molar-refractivity contribution in [3.8, 4) is 0 Å². The van der Waals surface area contributed by atoms with Gasteiger partial charge >= 0.3 is 12.1 Å². The van der Waals surface area contributed by atoms with E-state index in [0.29, 0.717) is 5.69 Å². The standard InChI is InChI=1S/C10H12N4O2/c1-7-12-10(16)14(13(7)9(11)15)8-5-3-2-4-6-8/h2-7H,1H3,(H2,11,15)(H,12,16). The van der Waals surface area contributed by atoms with Crippen molar-refractivity contribution in [2.45, 2.75) is 13.1 Å². The maximum atomic E-state index is 11.7. The fraction of sp³-hybridized carbons (Fsp3) is 0.200. The lowest BCUT2D eigenvalue weighted by Gasteiger charge is -2.26. The Morgan fingerprint density at radius 3 is 2.56 bits per heavy atom. The van der Waals surface area contributed by atoms with Crippen LogP contribution in [0.2, 0.25) is 0 Å². The Labute approximate surface area is 92.6 Å². The van der Waals surface area contributed by atoms with Gasteiger partial charge in [0.25, 0.3) is 0 Å². The summed E-state index contributed by atoms with van der Waals surface area (Å²) in [6, 6.07) is 7.82. The smallest absolute Gasteiger partial charge is 0.342 e. The highest BCUT2D eigenvalue weighted by Gasteiger charge is 2.37. The van der Waals surface area contributed by atoms with E-state index in [1.54, 1.807) is 31.2 Å². The van der Waals surface area contributed by atoms with Gasteiger partial charge in [-0.1, -0.05) is 18.2 Å². The largest absolute Gasteiger partial charge is 0.350 e. The summed E-state index contributed by atoms with van der Waals surface area (Å²) < 4.78 is 0. The van der Waals surface area contributed by atoms with Gasteiger partial charge in [0.2, 0.25) is 0 Å². The van der Waals surface area contributed by atoms with Crippen molar-refractivity contribution in [1.29, 1.82) is 0 Å². The van der Waals surface area contributed by atoms with E-state index < -0.39 is 12.2 Å². The number of hydrogen-bond donors (Lipinski definition) is 2. The second-order valence-corrected chi connectivity index (χ2v) is 3.46. The van der Waals surface area contributed by atoms with Crippen molar-refractivity contribution in [3.63, 3.8) is 0 Å². The van der Waals surface area contributed by atoms with Gasteiger partial charge in [0.15, 0.2) is 0 Å². The highest BCUT2D eigenvalue weighted by Crippen LogP contribution is 2.21. The maximum Gasteiger partial charge on any atom is 0.342 e. The summed E-state index contributed by atoms with van der Waals surface area (Å²) in [4.78, 5) is 22.9. The third kappa shape index (κ3) is 1.54. The van der Waals surface area contributed by atoms with Gasteiger partial charge in [-0.05, 0) is 19.1 Å². The number of primary amides is 1. The molecule has 1 unspecified atom stereocenters. The van der Waals surface area contributed by atoms with E-state index in [4.69, 9.17) is 5.73 Å². The second-order valence-electron chi connectivity index (χ2n) is 3.46. The zero-order valence-electron chi connectivity index (χ0n) is 8.75. The fourth-order valence-corrected chi connectivity index (χ4v) is 1.67. The van der Waals surface area contributed by atoms with Crippen LogP contribution in [-0.4, -0.2) is 23.2 Å². The zero-order valence-corrected chi connectivity index (χ0v) is 8.75. The summed E-state index contributed by atoms with van der Waals surface area (Å²) in [6.45, 7) is 1.69. The van der Waals surface area contributed by atoms with Crippen molar-refractivity contribution in [2.24, 2.45) is 5.73 Å². The van der Waals surface area contributed by atoms with E-state index >= 15 is 0 Å². The van der Waals surface area contributed by atoms with Crippen molar-refractivity contribution in [3.05, 3.63) is 30.3 Å². The van der Waals surface area contributed by atoms with Crippen LogP contribution >= 0.6 is 0 Å². The molecule has 4 amide bonds. The Kier molecular flexibility index (Phi) is 2.40. The summed E-state index contributed by atoms with van der Waals surface area (Å²) in [5, 5.41) is 5.02. The SMILES string of the molecule is CC1NC(=O)N(c2ccccc2)N1C(N)=O. The topological polar surface area (TPSA) is 78.7 Å². The molecule has 0 spiro atoms. The molecule has 1 aromatic rings. The zero-order chi connectivity index (χ0) is 11.7. The average Bonchev–Trinajstić information content (AvgIpc) is 2.55. The van der Waals surface area contributed by atoms with Crippen LogP contribution in [0, 0.1) is 0 Å². The highest BCUT2D eigenvalue weighted by molar-refractivity contribution is 5.97. The second kappa shape index (κ2) is 3.73. The number of nitrogens with two attached hydrogens (primary N) is 1. The molecule has 6 nitrogen and oxygen atoms in total. The summed E-state index contributed by atoms with van der Waals surface area (Å²) in [6.07, 6.45) is -0.440. The highest BCUT2D eigenvalue weighted by atomic mass is 16.2. The Bertz CT molecular complexity index is 420. The Morgan fingerprint density at radius 2 is 2.00 bits per heavy atom. The molecule has 0 radical (unpaired) electrons. The number of hydrogen-bond acceptors (Lipinski definition) is 2. The molecule has 3 N–H and O–H groups in total. The summed E-state index contributed by atoms with van der Waals surface area (Å²) in [5.74, 6) is 0. The molecule has 0 saturated carbocycles. The molecule has 1 fully saturated rings. The summed E-state index contributed by atoms with van der Waals surface area (Å²) in [7, 11) is 0. The van der Waals surface area contributed by atoms with Crippen molar-refractivity contribution >= 4 is 17.7 Å². The van der Waals surface area contributed by atoms with Crippen LogP contribution in [0.1, 0.15) is 6.92 Å². The monoisotopic (exact) mass is 220 g/mol. The van der Waals surface area contributed by atoms with Gasteiger partial charge in [0.05, 0.1) is 5.69 Å². The van der Waals surface area contributed by atoms with E-state index in [-0.39, 0.29) is 6.03 Å². The lowest BCUT2D eigenvalue weighted by molar-refractivity contribution is 0.197. The van der Waals surface area contributed by atoms with Gasteiger partial charge in [-0.3, -0.25) is 0 Å². The first-order valence-corrected chi connectivity index (χ1v) is 4.85. The molecule has 16 heavy (non-hydrogen) atoms. The van der Waals surface area contributed by atoms with E-state index in [1.165, 1.54) is 10.0 Å². The van der Waals surface area contributed by atoms with Gasteiger partial charge in [0, 0.05) is 0 Å². The molecule has 6 heteroatoms. The number of anilines is 1. The van der Waals surface area contributed by atoms with Gasteiger partial charge in [-0.15, -0.1) is 0 Å². The molecule has 1 aliphatic rings. The average molecular weight is 220 g/mol. The molecule has 1 heterocycles. The predicted molar refractivity (Wildman–Crippen MR) is 58.3 cm³/mol. The van der Waals surface area contributed by atoms with Crippen molar-refractivity contribution in [1.82, 2.24) is 10.3 Å². The molecule has 2 rings (SSSR count). The first-order chi connectivity index (χ1) is 7.61.